The zero-order chi connectivity index (χ0) is 14.5. The van der Waals surface area contributed by atoms with Crippen molar-refractivity contribution in [1.82, 2.24) is 9.88 Å². The summed E-state index contributed by atoms with van der Waals surface area (Å²) < 4.78 is 5.72. The van der Waals surface area contributed by atoms with Crippen LogP contribution in [0.1, 0.15) is 18.4 Å². The summed E-state index contributed by atoms with van der Waals surface area (Å²) in [5, 5.41) is 1.22. The van der Waals surface area contributed by atoms with Gasteiger partial charge in [0.1, 0.15) is 0 Å². The number of rotatable bonds is 5. The molecule has 112 valence electrons. The highest BCUT2D eigenvalue weighted by atomic mass is 35.5. The Bertz CT molecular complexity index is 582. The fraction of sp³-hybridized carbons (Fsp3) is 0.471. The number of fused-ring (bicyclic) bond motifs is 1. The third kappa shape index (κ3) is 3.94. The molecule has 2 aromatic rings. The molecule has 4 heteroatoms. The number of benzene rings is 1. The SMILES string of the molecule is ClCCOC1CCN(Cc2ccc3ncccc3c2)CC1. The first-order valence-electron chi connectivity index (χ1n) is 7.59. The predicted molar refractivity (Wildman–Crippen MR) is 86.7 cm³/mol. The summed E-state index contributed by atoms with van der Waals surface area (Å²) in [4.78, 5) is 6.86. The molecule has 1 aliphatic heterocycles. The van der Waals surface area contributed by atoms with E-state index in [4.69, 9.17) is 16.3 Å². The van der Waals surface area contributed by atoms with Crippen molar-refractivity contribution < 1.29 is 4.74 Å². The van der Waals surface area contributed by atoms with Gasteiger partial charge in [0.25, 0.3) is 0 Å². The van der Waals surface area contributed by atoms with Crippen LogP contribution in [-0.4, -0.2) is 41.6 Å². The van der Waals surface area contributed by atoms with Gasteiger partial charge in [0, 0.05) is 37.1 Å². The Morgan fingerprint density at radius 1 is 1.24 bits per heavy atom. The minimum atomic E-state index is 0.390. The summed E-state index contributed by atoms with van der Waals surface area (Å²) in [6.07, 6.45) is 4.44. The van der Waals surface area contributed by atoms with Gasteiger partial charge in [-0.05, 0) is 36.6 Å². The monoisotopic (exact) mass is 304 g/mol. The fourth-order valence-corrected chi connectivity index (χ4v) is 3.02. The molecule has 0 aliphatic carbocycles. The maximum Gasteiger partial charge on any atom is 0.0702 e. The second-order valence-electron chi connectivity index (χ2n) is 5.57. The molecule has 0 unspecified atom stereocenters. The first-order valence-corrected chi connectivity index (χ1v) is 8.12. The van der Waals surface area contributed by atoms with Crippen molar-refractivity contribution in [3.63, 3.8) is 0 Å². The van der Waals surface area contributed by atoms with E-state index in [-0.39, 0.29) is 0 Å². The summed E-state index contributed by atoms with van der Waals surface area (Å²) >= 11 is 5.66. The molecule has 21 heavy (non-hydrogen) atoms. The fourth-order valence-electron chi connectivity index (χ4n) is 2.93. The Morgan fingerprint density at radius 2 is 2.10 bits per heavy atom. The van der Waals surface area contributed by atoms with Crippen molar-refractivity contribution in [2.24, 2.45) is 0 Å². The zero-order valence-electron chi connectivity index (χ0n) is 12.2. The van der Waals surface area contributed by atoms with Crippen LogP contribution >= 0.6 is 11.6 Å². The van der Waals surface area contributed by atoms with Crippen molar-refractivity contribution in [2.75, 3.05) is 25.6 Å². The molecule has 0 radical (unpaired) electrons. The molecule has 0 saturated carbocycles. The quantitative estimate of drug-likeness (QED) is 0.791. The van der Waals surface area contributed by atoms with E-state index >= 15 is 0 Å². The van der Waals surface area contributed by atoms with Gasteiger partial charge >= 0.3 is 0 Å². The van der Waals surface area contributed by atoms with E-state index < -0.39 is 0 Å². The van der Waals surface area contributed by atoms with Gasteiger partial charge < -0.3 is 4.74 Å². The van der Waals surface area contributed by atoms with Crippen LogP contribution in [0.4, 0.5) is 0 Å². The van der Waals surface area contributed by atoms with E-state index in [0.29, 0.717) is 18.6 Å². The van der Waals surface area contributed by atoms with Crippen LogP contribution in [0.25, 0.3) is 10.9 Å². The van der Waals surface area contributed by atoms with Gasteiger partial charge in [0.05, 0.1) is 18.2 Å². The zero-order valence-corrected chi connectivity index (χ0v) is 12.9. The molecule has 1 fully saturated rings. The van der Waals surface area contributed by atoms with E-state index in [1.807, 2.05) is 12.3 Å². The van der Waals surface area contributed by atoms with E-state index in [0.717, 1.165) is 38.0 Å². The number of piperidine rings is 1. The molecule has 1 aromatic heterocycles. The lowest BCUT2D eigenvalue weighted by molar-refractivity contribution is 0.0135. The summed E-state index contributed by atoms with van der Waals surface area (Å²) in [5.74, 6) is 0.589. The van der Waals surface area contributed by atoms with Gasteiger partial charge in [-0.1, -0.05) is 12.1 Å². The Morgan fingerprint density at radius 3 is 2.90 bits per heavy atom. The molecule has 0 amide bonds. The van der Waals surface area contributed by atoms with E-state index in [9.17, 15) is 0 Å². The number of aromatic nitrogens is 1. The maximum absolute atomic E-state index is 5.72. The van der Waals surface area contributed by atoms with Crippen LogP contribution in [-0.2, 0) is 11.3 Å². The van der Waals surface area contributed by atoms with Crippen LogP contribution in [0.5, 0.6) is 0 Å². The topological polar surface area (TPSA) is 25.4 Å². The van der Waals surface area contributed by atoms with Crippen molar-refractivity contribution in [3.8, 4) is 0 Å². The molecule has 0 N–H and O–H groups in total. The smallest absolute Gasteiger partial charge is 0.0702 e. The molecule has 3 rings (SSSR count). The number of likely N-dealkylation sites (tertiary alicyclic amines) is 1. The lowest BCUT2D eigenvalue weighted by Crippen LogP contribution is -2.36. The average Bonchev–Trinajstić information content (AvgIpc) is 2.54. The second kappa shape index (κ2) is 7.21. The number of hydrogen-bond donors (Lipinski definition) is 0. The molecule has 0 atom stereocenters. The maximum atomic E-state index is 5.72. The Kier molecular flexibility index (Phi) is 5.07. The van der Waals surface area contributed by atoms with Gasteiger partial charge in [-0.3, -0.25) is 9.88 Å². The van der Waals surface area contributed by atoms with Crippen molar-refractivity contribution in [3.05, 3.63) is 42.1 Å². The van der Waals surface area contributed by atoms with E-state index in [1.165, 1.54) is 10.9 Å². The molecule has 0 spiro atoms. The van der Waals surface area contributed by atoms with Gasteiger partial charge in [-0.25, -0.2) is 0 Å². The predicted octanol–water partition coefficient (Wildman–Crippen LogP) is 3.45. The highest BCUT2D eigenvalue weighted by Gasteiger charge is 2.19. The van der Waals surface area contributed by atoms with Gasteiger partial charge in [0.15, 0.2) is 0 Å². The number of hydrogen-bond acceptors (Lipinski definition) is 3. The number of pyridine rings is 1. The number of ether oxygens (including phenoxy) is 1. The summed E-state index contributed by atoms with van der Waals surface area (Å²) in [5.41, 5.74) is 2.42. The molecular weight excluding hydrogens is 284 g/mol. The Balaban J connectivity index is 1.56. The third-order valence-corrected chi connectivity index (χ3v) is 4.19. The molecular formula is C17H21ClN2O. The highest BCUT2D eigenvalue weighted by molar-refractivity contribution is 6.17. The molecule has 1 aromatic carbocycles. The summed E-state index contributed by atoms with van der Waals surface area (Å²) in [6, 6.07) is 10.7. The van der Waals surface area contributed by atoms with E-state index in [2.05, 4.69) is 34.1 Å². The summed E-state index contributed by atoms with van der Waals surface area (Å²) in [6.45, 7) is 3.87. The van der Waals surface area contributed by atoms with Crippen molar-refractivity contribution >= 4 is 22.5 Å². The minimum absolute atomic E-state index is 0.390. The summed E-state index contributed by atoms with van der Waals surface area (Å²) in [7, 11) is 0. The first kappa shape index (κ1) is 14.8. The van der Waals surface area contributed by atoms with Crippen molar-refractivity contribution in [2.45, 2.75) is 25.5 Å². The molecule has 2 heterocycles. The molecule has 1 aliphatic rings. The molecule has 0 bridgehead atoms. The largest absolute Gasteiger partial charge is 0.377 e. The normalized spacial score (nSPS) is 17.4. The number of halogens is 1. The standard InChI is InChI=1S/C17H21ClN2O/c18-7-11-21-16-5-9-20(10-6-16)13-14-3-4-17-15(12-14)2-1-8-19-17/h1-4,8,12,16H,5-7,9-11,13H2. The van der Waals surface area contributed by atoms with Crippen LogP contribution in [0.3, 0.4) is 0 Å². The number of alkyl halides is 1. The average molecular weight is 305 g/mol. The van der Waals surface area contributed by atoms with Gasteiger partial charge in [-0.15, -0.1) is 11.6 Å². The molecule has 1 saturated heterocycles. The Hall–Kier alpha value is -1.16. The number of nitrogens with zero attached hydrogens (tertiary/aromatic N) is 2. The lowest BCUT2D eigenvalue weighted by Gasteiger charge is -2.31. The van der Waals surface area contributed by atoms with Crippen LogP contribution in [0, 0.1) is 0 Å². The van der Waals surface area contributed by atoms with Crippen LogP contribution in [0.15, 0.2) is 36.5 Å². The van der Waals surface area contributed by atoms with Gasteiger partial charge in [0.2, 0.25) is 0 Å². The third-order valence-electron chi connectivity index (χ3n) is 4.04. The van der Waals surface area contributed by atoms with E-state index in [1.54, 1.807) is 0 Å². The molecule has 3 nitrogen and oxygen atoms in total. The van der Waals surface area contributed by atoms with Crippen molar-refractivity contribution in [1.29, 1.82) is 0 Å². The first-order chi connectivity index (χ1) is 10.3. The van der Waals surface area contributed by atoms with Crippen LogP contribution in [0.2, 0.25) is 0 Å². The van der Waals surface area contributed by atoms with Gasteiger partial charge in [-0.2, -0.15) is 0 Å². The minimum Gasteiger partial charge on any atom is -0.377 e. The van der Waals surface area contributed by atoms with Crippen LogP contribution < -0.4 is 0 Å². The highest BCUT2D eigenvalue weighted by Crippen LogP contribution is 2.19. The second-order valence-corrected chi connectivity index (χ2v) is 5.94. The lowest BCUT2D eigenvalue weighted by atomic mass is 10.1. The Labute approximate surface area is 130 Å².